The van der Waals surface area contributed by atoms with E-state index in [1.165, 1.54) is 100 Å². The summed E-state index contributed by atoms with van der Waals surface area (Å²) in [4.78, 5) is 2.67. The van der Waals surface area contributed by atoms with E-state index in [0.29, 0.717) is 0 Å². The van der Waals surface area contributed by atoms with Gasteiger partial charge >= 0.3 is 0 Å². The Morgan fingerprint density at radius 2 is 1.31 bits per heavy atom. The highest BCUT2D eigenvalue weighted by Gasteiger charge is 2.45. The molecule has 0 spiro atoms. The molecule has 3 heterocycles. The number of hydrogen-bond donors (Lipinski definition) is 0. The summed E-state index contributed by atoms with van der Waals surface area (Å²) >= 11 is 0. The van der Waals surface area contributed by atoms with Crippen LogP contribution in [0.3, 0.4) is 0 Å². The van der Waals surface area contributed by atoms with E-state index in [1.54, 1.807) is 0 Å². The summed E-state index contributed by atoms with van der Waals surface area (Å²) in [6.07, 6.45) is 4.86. The number of nitrogens with zero attached hydrogens (tertiary/aromatic N) is 2. The number of hydrogen-bond acceptors (Lipinski definition) is 2. The van der Waals surface area contributed by atoms with Gasteiger partial charge < -0.3 is 9.64 Å². The number of anilines is 1. The molecule has 0 unspecified atom stereocenters. The lowest BCUT2D eigenvalue weighted by atomic mass is 9.80. The molecule has 7 aromatic carbocycles. The van der Waals surface area contributed by atoms with Crippen molar-refractivity contribution >= 4 is 54.9 Å². The van der Waals surface area contributed by atoms with Gasteiger partial charge in [0, 0.05) is 45.8 Å². The van der Waals surface area contributed by atoms with Gasteiger partial charge in [-0.05, 0) is 89.9 Å². The molecule has 258 valence electrons. The Bertz CT molecular complexity index is 2790. The lowest BCUT2D eigenvalue weighted by Crippen LogP contribution is -2.30. The van der Waals surface area contributed by atoms with Crippen LogP contribution in [0.4, 0.5) is 5.69 Å². The number of aryl methyl sites for hydroxylation is 1. The molecule has 3 aliphatic heterocycles. The van der Waals surface area contributed by atoms with Crippen LogP contribution in [-0.4, -0.2) is 19.6 Å². The second-order valence-corrected chi connectivity index (χ2v) is 17.1. The third kappa shape index (κ3) is 4.60. The van der Waals surface area contributed by atoms with Crippen molar-refractivity contribution in [2.45, 2.75) is 71.8 Å². The van der Waals surface area contributed by atoms with Crippen LogP contribution < -0.4 is 24.8 Å². The van der Waals surface area contributed by atoms with Gasteiger partial charge in [0.2, 0.25) is 5.36 Å². The van der Waals surface area contributed by atoms with Crippen molar-refractivity contribution in [1.82, 2.24) is 4.58 Å². The maximum absolute atomic E-state index is 7.66. The predicted octanol–water partition coefficient (Wildman–Crippen LogP) is 10.4. The van der Waals surface area contributed by atoms with Crippen molar-refractivity contribution in [3.05, 3.63) is 135 Å². The molecule has 0 aromatic heterocycles. The minimum absolute atomic E-state index is 0.0679. The van der Waals surface area contributed by atoms with Gasteiger partial charge in [0.25, 0.3) is 0 Å². The first-order chi connectivity index (χ1) is 25.1. The number of benzene rings is 7. The largest absolute Gasteiger partial charge is 0.455 e. The smallest absolute Gasteiger partial charge is 0.216 e. The summed E-state index contributed by atoms with van der Waals surface area (Å²) in [6.45, 7) is 18.0. The fourth-order valence-corrected chi connectivity index (χ4v) is 9.83. The van der Waals surface area contributed by atoms with Crippen molar-refractivity contribution in [1.29, 1.82) is 0 Å². The molecule has 52 heavy (non-hydrogen) atoms. The fraction of sp³-hybridized carbons (Fsp3) is 0.286. The van der Waals surface area contributed by atoms with Crippen molar-refractivity contribution in [3.8, 4) is 11.5 Å². The summed E-state index contributed by atoms with van der Waals surface area (Å²) < 4.78 is 10.3. The Morgan fingerprint density at radius 1 is 0.692 bits per heavy atom. The molecule has 0 amide bonds. The van der Waals surface area contributed by atoms with Crippen LogP contribution in [0, 0.1) is 6.92 Å². The summed E-state index contributed by atoms with van der Waals surface area (Å²) in [5.74, 6) is 2.11. The first-order valence-corrected chi connectivity index (χ1v) is 19.3. The molecule has 3 aliphatic rings. The number of fused-ring (bicyclic) bond motifs is 14. The van der Waals surface area contributed by atoms with E-state index in [-0.39, 0.29) is 10.8 Å². The van der Waals surface area contributed by atoms with E-state index < -0.39 is 0 Å². The van der Waals surface area contributed by atoms with E-state index in [9.17, 15) is 0 Å². The van der Waals surface area contributed by atoms with E-state index in [4.69, 9.17) is 4.74 Å². The van der Waals surface area contributed by atoms with Crippen LogP contribution in [-0.2, 0) is 17.4 Å². The molecule has 0 bridgehead atoms. The highest BCUT2D eigenvalue weighted by molar-refractivity contribution is 6.12. The molecule has 10 rings (SSSR count). The van der Waals surface area contributed by atoms with Crippen molar-refractivity contribution < 1.29 is 4.74 Å². The Hall–Kier alpha value is -5.15. The van der Waals surface area contributed by atoms with Gasteiger partial charge in [-0.3, -0.25) is 0 Å². The minimum Gasteiger partial charge on any atom is -0.455 e. The van der Waals surface area contributed by atoms with Gasteiger partial charge in [-0.15, -0.1) is 0 Å². The van der Waals surface area contributed by atoms with Crippen LogP contribution in [0.1, 0.15) is 75.3 Å². The Kier molecular flexibility index (Phi) is 6.79. The molecule has 0 saturated carbocycles. The third-order valence-corrected chi connectivity index (χ3v) is 12.2. The monoisotopic (exact) mass is 679 g/mol. The van der Waals surface area contributed by atoms with Crippen molar-refractivity contribution in [2.75, 3.05) is 24.5 Å². The van der Waals surface area contributed by atoms with Crippen molar-refractivity contribution in [3.63, 3.8) is 0 Å². The molecule has 0 aliphatic carbocycles. The fourth-order valence-electron chi connectivity index (χ4n) is 9.83. The molecule has 3 heteroatoms. The molecule has 0 saturated heterocycles. The zero-order chi connectivity index (χ0) is 35.5. The predicted molar refractivity (Wildman–Crippen MR) is 220 cm³/mol. The zero-order valence-corrected chi connectivity index (χ0v) is 31.4. The molecular formula is C49H47N2O+. The van der Waals surface area contributed by atoms with Crippen LogP contribution in [0.5, 0.6) is 11.5 Å². The number of rotatable bonds is 5. The molecular weight excluding hydrogens is 633 g/mol. The SMILES string of the molecule is CCCCN1CC(C)(C)c2c3c(c4cc5ccccc5cc4c21)C=c1c(c2c(c4cc5ccccc5cc14)=[N+](Cc1ccc(C)cc1)CC2(C)C)O3. The molecule has 0 fully saturated rings. The minimum atomic E-state index is -0.117. The summed E-state index contributed by atoms with van der Waals surface area (Å²) in [6, 6.07) is 36.5. The van der Waals surface area contributed by atoms with Crippen LogP contribution >= 0.6 is 0 Å². The van der Waals surface area contributed by atoms with E-state index >= 15 is 0 Å². The highest BCUT2D eigenvalue weighted by atomic mass is 16.5. The number of unbranched alkanes of at least 4 members (excludes halogenated alkanes) is 1. The van der Waals surface area contributed by atoms with Crippen LogP contribution in [0.15, 0.2) is 97.1 Å². The van der Waals surface area contributed by atoms with Gasteiger partial charge in [0.05, 0.1) is 22.1 Å². The average Bonchev–Trinajstić information content (AvgIpc) is 3.57. The zero-order valence-electron chi connectivity index (χ0n) is 31.4. The Morgan fingerprint density at radius 3 is 1.96 bits per heavy atom. The lowest BCUT2D eigenvalue weighted by molar-refractivity contribution is 0.420. The molecule has 0 atom stereocenters. The third-order valence-electron chi connectivity index (χ3n) is 12.2. The molecule has 0 radical (unpaired) electrons. The van der Waals surface area contributed by atoms with Gasteiger partial charge in [-0.1, -0.05) is 106 Å². The highest BCUT2D eigenvalue weighted by Crippen LogP contribution is 2.55. The van der Waals surface area contributed by atoms with Gasteiger partial charge in [0.1, 0.15) is 11.5 Å². The maximum atomic E-state index is 7.66. The second-order valence-electron chi connectivity index (χ2n) is 17.1. The lowest BCUT2D eigenvalue weighted by Gasteiger charge is -2.28. The second kappa shape index (κ2) is 11.2. The topological polar surface area (TPSA) is 15.5 Å². The Balaban J connectivity index is 1.36. The quantitative estimate of drug-likeness (QED) is 0.133. The van der Waals surface area contributed by atoms with E-state index in [1.807, 2.05) is 0 Å². The van der Waals surface area contributed by atoms with Crippen molar-refractivity contribution in [2.24, 2.45) is 0 Å². The van der Waals surface area contributed by atoms with E-state index in [2.05, 4.69) is 154 Å². The maximum Gasteiger partial charge on any atom is 0.216 e. The van der Waals surface area contributed by atoms with E-state index in [0.717, 1.165) is 37.7 Å². The first-order valence-electron chi connectivity index (χ1n) is 19.3. The van der Waals surface area contributed by atoms with Gasteiger partial charge in [-0.2, -0.15) is 0 Å². The Labute approximate surface area is 306 Å². The summed E-state index contributed by atoms with van der Waals surface area (Å²) in [7, 11) is 0. The van der Waals surface area contributed by atoms with Crippen LogP contribution in [0.25, 0.3) is 49.2 Å². The number of ether oxygens (including phenoxy) is 1. The van der Waals surface area contributed by atoms with Gasteiger partial charge in [0.15, 0.2) is 13.1 Å². The van der Waals surface area contributed by atoms with Gasteiger partial charge in [-0.25, -0.2) is 4.58 Å². The standard InChI is InChI=1S/C49H47N2O/c1-7-8-21-50-28-48(3,4)42-44(50)38-24-34-15-11-9-13-32(34)22-36(38)40-26-41-37-23-33-14-10-12-16-35(33)25-39(37)45-43(47(41)52-46(40)42)49(5,6)29-51(45)27-31-19-17-30(2)18-20-31/h9-20,22-26H,7-8,21,27-29H2,1-6H3/q+1. The summed E-state index contributed by atoms with van der Waals surface area (Å²) in [5, 5.41) is 12.8. The normalized spacial score (nSPS) is 16.6. The van der Waals surface area contributed by atoms with Crippen LogP contribution in [0.2, 0.25) is 0 Å². The average molecular weight is 680 g/mol. The molecule has 7 aromatic rings. The molecule has 3 nitrogen and oxygen atoms in total. The first kappa shape index (κ1) is 31.6. The summed E-state index contributed by atoms with van der Waals surface area (Å²) in [5.41, 5.74) is 7.74. The molecule has 0 N–H and O–H groups in total.